The average molecular weight is 401 g/mol. The van der Waals surface area contributed by atoms with Gasteiger partial charge >= 0.3 is 0 Å². The number of rotatable bonds is 5. The normalized spacial score (nSPS) is 29.5. The molecule has 0 spiro atoms. The highest BCUT2D eigenvalue weighted by atomic mass is 16.3. The molecule has 1 aromatic carbocycles. The van der Waals surface area contributed by atoms with Gasteiger partial charge in [-0.1, -0.05) is 56.5 Å². The Balaban J connectivity index is 1.78. The summed E-state index contributed by atoms with van der Waals surface area (Å²) in [6.07, 6.45) is 7.73. The Hall–Kier alpha value is -1.88. The molecule has 1 aromatic rings. The summed E-state index contributed by atoms with van der Waals surface area (Å²) in [7, 11) is 0. The number of benzene rings is 1. The number of nitrogens with one attached hydrogen (secondary N) is 2. The van der Waals surface area contributed by atoms with Gasteiger partial charge in [-0.25, -0.2) is 0 Å². The van der Waals surface area contributed by atoms with E-state index in [1.165, 1.54) is 18.9 Å². The first kappa shape index (κ1) is 21.8. The summed E-state index contributed by atoms with van der Waals surface area (Å²) < 4.78 is 0. The summed E-state index contributed by atoms with van der Waals surface area (Å²) in [6.45, 7) is 4.17. The Morgan fingerprint density at radius 3 is 2.34 bits per heavy atom. The average Bonchev–Trinajstić information content (AvgIpc) is 2.87. The van der Waals surface area contributed by atoms with Crippen LogP contribution in [0.3, 0.4) is 0 Å². The fourth-order valence-electron chi connectivity index (χ4n) is 5.19. The lowest BCUT2D eigenvalue weighted by atomic mass is 9.72. The molecule has 2 aliphatic carbocycles. The van der Waals surface area contributed by atoms with Gasteiger partial charge in [0.25, 0.3) is 0 Å². The van der Waals surface area contributed by atoms with Gasteiger partial charge in [0.15, 0.2) is 0 Å². The minimum Gasteiger partial charge on any atom is -0.391 e. The third-order valence-electron chi connectivity index (χ3n) is 7.18. The van der Waals surface area contributed by atoms with Crippen molar-refractivity contribution in [2.45, 2.75) is 89.2 Å². The van der Waals surface area contributed by atoms with Gasteiger partial charge in [0.1, 0.15) is 0 Å². The molecule has 3 atom stereocenters. The maximum atomic E-state index is 13.1. The molecule has 3 rings (SSSR count). The van der Waals surface area contributed by atoms with Crippen molar-refractivity contribution < 1.29 is 14.7 Å². The number of amides is 2. The van der Waals surface area contributed by atoms with Crippen molar-refractivity contribution in [1.82, 2.24) is 10.6 Å². The topological polar surface area (TPSA) is 78.4 Å². The lowest BCUT2D eigenvalue weighted by Gasteiger charge is -2.37. The molecule has 2 amide bonds. The van der Waals surface area contributed by atoms with Gasteiger partial charge in [-0.15, -0.1) is 0 Å². The maximum absolute atomic E-state index is 13.1. The van der Waals surface area contributed by atoms with E-state index in [1.807, 2.05) is 18.2 Å². The number of aliphatic hydroxyl groups is 1. The minimum atomic E-state index is -0.559. The van der Waals surface area contributed by atoms with Gasteiger partial charge in [-0.05, 0) is 44.1 Å². The van der Waals surface area contributed by atoms with Crippen LogP contribution in [0.4, 0.5) is 0 Å². The molecule has 0 unspecified atom stereocenters. The molecule has 0 heterocycles. The number of carbonyl (C=O) groups excluding carboxylic acids is 2. The summed E-state index contributed by atoms with van der Waals surface area (Å²) in [4.78, 5) is 24.6. The Labute approximate surface area is 174 Å². The van der Waals surface area contributed by atoms with Crippen molar-refractivity contribution in [3.8, 4) is 0 Å². The van der Waals surface area contributed by atoms with Gasteiger partial charge in [0.05, 0.1) is 12.1 Å². The van der Waals surface area contributed by atoms with E-state index in [2.05, 4.69) is 29.7 Å². The number of carbonyl (C=O) groups is 2. The molecule has 2 fully saturated rings. The largest absolute Gasteiger partial charge is 0.391 e. The van der Waals surface area contributed by atoms with Gasteiger partial charge in [-0.2, -0.15) is 0 Å². The van der Waals surface area contributed by atoms with E-state index in [9.17, 15) is 14.7 Å². The van der Waals surface area contributed by atoms with Crippen LogP contribution in [0.25, 0.3) is 0 Å². The predicted octanol–water partition coefficient (Wildman–Crippen LogP) is 3.45. The molecule has 0 bridgehead atoms. The third-order valence-corrected chi connectivity index (χ3v) is 7.18. The van der Waals surface area contributed by atoms with E-state index < -0.39 is 6.10 Å². The van der Waals surface area contributed by atoms with Crippen molar-refractivity contribution in [3.63, 3.8) is 0 Å². The Morgan fingerprint density at radius 2 is 1.69 bits per heavy atom. The second kappa shape index (κ2) is 9.29. The molecular weight excluding hydrogens is 364 g/mol. The quantitative estimate of drug-likeness (QED) is 0.663. The van der Waals surface area contributed by atoms with Crippen LogP contribution in [-0.2, 0) is 15.0 Å². The number of hydrogen-bond acceptors (Lipinski definition) is 3. The van der Waals surface area contributed by atoms with E-state index in [0.29, 0.717) is 19.4 Å². The van der Waals surface area contributed by atoms with E-state index in [1.54, 1.807) is 0 Å². The number of aliphatic hydroxyl groups excluding tert-OH is 1. The van der Waals surface area contributed by atoms with Crippen LogP contribution < -0.4 is 10.6 Å². The van der Waals surface area contributed by atoms with E-state index in [4.69, 9.17) is 0 Å². The van der Waals surface area contributed by atoms with Crippen LogP contribution in [0.1, 0.15) is 77.2 Å². The zero-order valence-corrected chi connectivity index (χ0v) is 17.9. The summed E-state index contributed by atoms with van der Waals surface area (Å²) in [5.74, 6) is 0.0514. The monoisotopic (exact) mass is 400 g/mol. The van der Waals surface area contributed by atoms with Crippen molar-refractivity contribution >= 4 is 11.8 Å². The summed E-state index contributed by atoms with van der Waals surface area (Å²) in [5, 5.41) is 16.8. The highest BCUT2D eigenvalue weighted by Crippen LogP contribution is 2.40. The summed E-state index contributed by atoms with van der Waals surface area (Å²) in [6, 6.07) is 10.1. The SMILES string of the molecule is CC(=O)N[C@H]1CC[C@](CNC(=O)C2(C)CCCCC2)(c2ccccc2)CC[C@@H]1O. The van der Waals surface area contributed by atoms with Crippen molar-refractivity contribution in [2.24, 2.45) is 5.41 Å². The van der Waals surface area contributed by atoms with Gasteiger partial charge < -0.3 is 15.7 Å². The summed E-state index contributed by atoms with van der Waals surface area (Å²) >= 11 is 0. The van der Waals surface area contributed by atoms with Crippen LogP contribution in [0.15, 0.2) is 30.3 Å². The predicted molar refractivity (Wildman–Crippen MR) is 114 cm³/mol. The second-order valence-corrected chi connectivity index (χ2v) is 9.40. The molecule has 29 heavy (non-hydrogen) atoms. The highest BCUT2D eigenvalue weighted by molar-refractivity contribution is 5.82. The fraction of sp³-hybridized carbons (Fsp3) is 0.667. The van der Waals surface area contributed by atoms with E-state index in [-0.39, 0.29) is 28.7 Å². The Kier molecular flexibility index (Phi) is 6.99. The first-order chi connectivity index (χ1) is 13.8. The first-order valence-electron chi connectivity index (χ1n) is 11.1. The second-order valence-electron chi connectivity index (χ2n) is 9.40. The van der Waals surface area contributed by atoms with Gasteiger partial charge in [0, 0.05) is 24.3 Å². The Bertz CT molecular complexity index is 699. The smallest absolute Gasteiger partial charge is 0.225 e. The molecule has 2 saturated carbocycles. The minimum absolute atomic E-state index is 0.111. The summed E-state index contributed by atoms with van der Waals surface area (Å²) in [5.41, 5.74) is 0.708. The zero-order valence-electron chi connectivity index (χ0n) is 17.9. The van der Waals surface area contributed by atoms with Crippen molar-refractivity contribution in [3.05, 3.63) is 35.9 Å². The van der Waals surface area contributed by atoms with Crippen LogP contribution in [-0.4, -0.2) is 35.6 Å². The van der Waals surface area contributed by atoms with Crippen LogP contribution >= 0.6 is 0 Å². The zero-order chi connectivity index (χ0) is 20.9. The fourth-order valence-corrected chi connectivity index (χ4v) is 5.19. The van der Waals surface area contributed by atoms with Gasteiger partial charge in [0.2, 0.25) is 11.8 Å². The van der Waals surface area contributed by atoms with Crippen LogP contribution in [0.5, 0.6) is 0 Å². The first-order valence-corrected chi connectivity index (χ1v) is 11.1. The van der Waals surface area contributed by atoms with Crippen molar-refractivity contribution in [2.75, 3.05) is 6.54 Å². The molecule has 0 aliphatic heterocycles. The lowest BCUT2D eigenvalue weighted by molar-refractivity contribution is -0.132. The molecule has 0 aromatic heterocycles. The van der Waals surface area contributed by atoms with E-state index in [0.717, 1.165) is 38.5 Å². The Morgan fingerprint density at radius 1 is 1.03 bits per heavy atom. The van der Waals surface area contributed by atoms with E-state index >= 15 is 0 Å². The van der Waals surface area contributed by atoms with Crippen molar-refractivity contribution in [1.29, 1.82) is 0 Å². The van der Waals surface area contributed by atoms with Crippen LogP contribution in [0, 0.1) is 5.41 Å². The maximum Gasteiger partial charge on any atom is 0.225 e. The molecule has 5 nitrogen and oxygen atoms in total. The highest BCUT2D eigenvalue weighted by Gasteiger charge is 2.40. The lowest BCUT2D eigenvalue weighted by Crippen LogP contribution is -2.47. The standard InChI is InChI=1S/C24H36N2O3/c1-18(27)26-20-11-15-24(16-12-21(20)28,19-9-5-3-6-10-19)17-25-22(29)23(2)13-7-4-8-14-23/h3,5-6,9-10,20-21,28H,4,7-8,11-17H2,1-2H3,(H,25,29)(H,26,27)/t20-,21-,24-/m0/s1. The van der Waals surface area contributed by atoms with Gasteiger partial charge in [-0.3, -0.25) is 9.59 Å². The molecule has 0 saturated heterocycles. The molecule has 160 valence electrons. The molecule has 5 heteroatoms. The molecular formula is C24H36N2O3. The number of hydrogen-bond donors (Lipinski definition) is 3. The molecule has 2 aliphatic rings. The molecule has 3 N–H and O–H groups in total. The van der Waals surface area contributed by atoms with Crippen LogP contribution in [0.2, 0.25) is 0 Å². The molecule has 0 radical (unpaired) electrons. The third kappa shape index (κ3) is 5.19.